The number of thiocarbonyl (C=S) groups is 1. The van der Waals surface area contributed by atoms with E-state index in [0.29, 0.717) is 27.9 Å². The molecule has 134 valence electrons. The maximum atomic E-state index is 13.1. The highest BCUT2D eigenvalue weighted by molar-refractivity contribution is 8.26. The van der Waals surface area contributed by atoms with Crippen LogP contribution in [0.3, 0.4) is 0 Å². The van der Waals surface area contributed by atoms with Crippen molar-refractivity contribution in [1.82, 2.24) is 4.90 Å². The summed E-state index contributed by atoms with van der Waals surface area (Å²) in [5.74, 6) is -0.757. The number of nitrogens with zero attached hydrogens (tertiary/aromatic N) is 1. The highest BCUT2D eigenvalue weighted by Gasteiger charge is 2.31. The molecule has 1 aromatic carbocycles. The van der Waals surface area contributed by atoms with Crippen LogP contribution in [0.5, 0.6) is 0 Å². The summed E-state index contributed by atoms with van der Waals surface area (Å²) in [6, 6.07) is 9.59. The lowest BCUT2D eigenvalue weighted by atomic mass is 10.2. The molecule has 26 heavy (non-hydrogen) atoms. The molecule has 3 rings (SSSR count). The zero-order valence-corrected chi connectivity index (χ0v) is 16.1. The molecular formula is C18H15FN2O2S3. The van der Waals surface area contributed by atoms with Crippen LogP contribution in [0.25, 0.3) is 6.08 Å². The van der Waals surface area contributed by atoms with Gasteiger partial charge in [-0.05, 0) is 42.1 Å². The Kier molecular flexibility index (Phi) is 6.18. The van der Waals surface area contributed by atoms with Crippen LogP contribution in [0.1, 0.15) is 17.7 Å². The van der Waals surface area contributed by atoms with Gasteiger partial charge in [0.25, 0.3) is 5.91 Å². The summed E-state index contributed by atoms with van der Waals surface area (Å²) in [6.45, 7) is 0.378. The van der Waals surface area contributed by atoms with Crippen molar-refractivity contribution in [3.8, 4) is 0 Å². The normalized spacial score (nSPS) is 15.7. The molecule has 2 aromatic rings. The number of rotatable bonds is 6. The van der Waals surface area contributed by atoms with Crippen molar-refractivity contribution in [1.29, 1.82) is 0 Å². The highest BCUT2D eigenvalue weighted by Crippen LogP contribution is 2.33. The van der Waals surface area contributed by atoms with Crippen molar-refractivity contribution in [2.45, 2.75) is 12.8 Å². The zero-order valence-electron chi connectivity index (χ0n) is 13.6. The van der Waals surface area contributed by atoms with E-state index >= 15 is 0 Å². The number of thiophene rings is 1. The molecule has 2 heterocycles. The van der Waals surface area contributed by atoms with Gasteiger partial charge in [0.15, 0.2) is 0 Å². The number of anilines is 1. The Labute approximate surface area is 164 Å². The second-order valence-electron chi connectivity index (χ2n) is 5.51. The molecule has 0 saturated carbocycles. The molecule has 0 aliphatic carbocycles. The Morgan fingerprint density at radius 3 is 2.88 bits per heavy atom. The van der Waals surface area contributed by atoms with E-state index in [9.17, 15) is 14.0 Å². The van der Waals surface area contributed by atoms with Gasteiger partial charge in [-0.3, -0.25) is 14.5 Å². The van der Waals surface area contributed by atoms with Crippen LogP contribution in [0.4, 0.5) is 10.1 Å². The molecule has 0 unspecified atom stereocenters. The summed E-state index contributed by atoms with van der Waals surface area (Å²) in [4.78, 5) is 27.5. The molecular weight excluding hydrogens is 391 g/mol. The fourth-order valence-corrected chi connectivity index (χ4v) is 4.41. The Morgan fingerprint density at radius 2 is 2.15 bits per heavy atom. The average molecular weight is 407 g/mol. The minimum atomic E-state index is -0.405. The first-order valence-electron chi connectivity index (χ1n) is 7.87. The monoisotopic (exact) mass is 406 g/mol. The third-order valence-corrected chi connectivity index (χ3v) is 5.78. The van der Waals surface area contributed by atoms with Gasteiger partial charge in [0.1, 0.15) is 10.1 Å². The first-order valence-corrected chi connectivity index (χ1v) is 9.97. The van der Waals surface area contributed by atoms with Gasteiger partial charge in [0, 0.05) is 23.5 Å². The second-order valence-corrected chi connectivity index (χ2v) is 8.17. The van der Waals surface area contributed by atoms with E-state index in [1.54, 1.807) is 17.4 Å². The molecule has 1 aromatic heterocycles. The third-order valence-electron chi connectivity index (χ3n) is 3.58. The summed E-state index contributed by atoms with van der Waals surface area (Å²) in [5.41, 5.74) is 0.416. The molecule has 1 fully saturated rings. The Hall–Kier alpha value is -2.03. The van der Waals surface area contributed by atoms with E-state index in [1.807, 2.05) is 23.6 Å². The van der Waals surface area contributed by atoms with Crippen molar-refractivity contribution in [2.75, 3.05) is 11.9 Å². The number of hydrogen-bond donors (Lipinski definition) is 1. The SMILES string of the molecule is O=C(CCCN1C(=O)C(=Cc2cccs2)SC1=S)Nc1cccc(F)c1. The van der Waals surface area contributed by atoms with Gasteiger partial charge in [-0.25, -0.2) is 4.39 Å². The molecule has 4 nitrogen and oxygen atoms in total. The van der Waals surface area contributed by atoms with Crippen molar-refractivity contribution in [3.63, 3.8) is 0 Å². The van der Waals surface area contributed by atoms with Gasteiger partial charge in [0.2, 0.25) is 5.91 Å². The fourth-order valence-electron chi connectivity index (χ4n) is 2.38. The van der Waals surface area contributed by atoms with Gasteiger partial charge >= 0.3 is 0 Å². The minimum Gasteiger partial charge on any atom is -0.326 e. The minimum absolute atomic E-state index is 0.126. The lowest BCUT2D eigenvalue weighted by molar-refractivity contribution is -0.122. The van der Waals surface area contributed by atoms with Gasteiger partial charge in [-0.1, -0.05) is 36.1 Å². The van der Waals surface area contributed by atoms with Crippen LogP contribution in [0.2, 0.25) is 0 Å². The molecule has 2 amide bonds. The molecule has 8 heteroatoms. The van der Waals surface area contributed by atoms with E-state index in [-0.39, 0.29) is 18.2 Å². The lowest BCUT2D eigenvalue weighted by Gasteiger charge is -2.14. The molecule has 0 spiro atoms. The number of thioether (sulfide) groups is 1. The third kappa shape index (κ3) is 4.78. The Bertz CT molecular complexity index is 865. The maximum Gasteiger partial charge on any atom is 0.266 e. The van der Waals surface area contributed by atoms with Crippen LogP contribution < -0.4 is 5.32 Å². The van der Waals surface area contributed by atoms with Gasteiger partial charge in [-0.2, -0.15) is 0 Å². The van der Waals surface area contributed by atoms with E-state index in [4.69, 9.17) is 12.2 Å². The number of amides is 2. The fraction of sp³-hybridized carbons (Fsp3) is 0.167. The average Bonchev–Trinajstić information content (AvgIpc) is 3.19. The molecule has 1 aliphatic heterocycles. The summed E-state index contributed by atoms with van der Waals surface area (Å²) in [7, 11) is 0. The number of hydrogen-bond acceptors (Lipinski definition) is 5. The van der Waals surface area contributed by atoms with Crippen molar-refractivity contribution >= 4 is 63.2 Å². The van der Waals surface area contributed by atoms with E-state index in [2.05, 4.69) is 5.32 Å². The number of carbonyl (C=O) groups is 2. The van der Waals surface area contributed by atoms with E-state index in [0.717, 1.165) is 4.88 Å². The zero-order chi connectivity index (χ0) is 18.5. The van der Waals surface area contributed by atoms with Crippen molar-refractivity contribution in [2.24, 2.45) is 0 Å². The van der Waals surface area contributed by atoms with Crippen LogP contribution in [-0.4, -0.2) is 27.6 Å². The van der Waals surface area contributed by atoms with Crippen LogP contribution in [0, 0.1) is 5.82 Å². The van der Waals surface area contributed by atoms with Gasteiger partial charge in [0.05, 0.1) is 4.91 Å². The molecule has 0 atom stereocenters. The Balaban J connectivity index is 1.51. The first-order chi connectivity index (χ1) is 12.5. The first kappa shape index (κ1) is 18.8. The molecule has 0 bridgehead atoms. The summed E-state index contributed by atoms with van der Waals surface area (Å²) >= 11 is 8.11. The summed E-state index contributed by atoms with van der Waals surface area (Å²) in [5, 5.41) is 4.59. The van der Waals surface area contributed by atoms with Crippen molar-refractivity contribution < 1.29 is 14.0 Å². The van der Waals surface area contributed by atoms with Gasteiger partial charge < -0.3 is 5.32 Å². The van der Waals surface area contributed by atoms with Crippen molar-refractivity contribution in [3.05, 3.63) is 57.4 Å². The van der Waals surface area contributed by atoms with Crippen LogP contribution in [-0.2, 0) is 9.59 Å². The van der Waals surface area contributed by atoms with Crippen LogP contribution >= 0.6 is 35.3 Å². The topological polar surface area (TPSA) is 49.4 Å². The molecule has 1 aliphatic rings. The van der Waals surface area contributed by atoms with Gasteiger partial charge in [-0.15, -0.1) is 11.3 Å². The highest BCUT2D eigenvalue weighted by atomic mass is 32.2. The smallest absolute Gasteiger partial charge is 0.266 e. The second kappa shape index (κ2) is 8.57. The maximum absolute atomic E-state index is 13.1. The predicted octanol–water partition coefficient (Wildman–Crippen LogP) is 4.51. The number of benzene rings is 1. The van der Waals surface area contributed by atoms with E-state index in [1.165, 1.54) is 34.9 Å². The molecule has 1 saturated heterocycles. The van der Waals surface area contributed by atoms with E-state index < -0.39 is 5.82 Å². The molecule has 0 radical (unpaired) electrons. The number of nitrogens with one attached hydrogen (secondary N) is 1. The Morgan fingerprint density at radius 1 is 1.31 bits per heavy atom. The predicted molar refractivity (Wildman–Crippen MR) is 108 cm³/mol. The summed E-state index contributed by atoms with van der Waals surface area (Å²) < 4.78 is 13.6. The summed E-state index contributed by atoms with van der Waals surface area (Å²) in [6.07, 6.45) is 2.53. The van der Waals surface area contributed by atoms with Crippen LogP contribution in [0.15, 0.2) is 46.7 Å². The largest absolute Gasteiger partial charge is 0.326 e. The number of halogens is 1. The molecule has 1 N–H and O–H groups in total. The lowest BCUT2D eigenvalue weighted by Crippen LogP contribution is -2.29. The quantitative estimate of drug-likeness (QED) is 0.567. The number of carbonyl (C=O) groups excluding carboxylic acids is 2. The standard InChI is InChI=1S/C18H15FN2O2S3/c19-12-4-1-5-13(10-12)20-16(22)7-2-8-21-17(23)15(26-18(21)24)11-14-6-3-9-25-14/h1,3-6,9-11H,2,7-8H2,(H,20,22).